The maximum absolute atomic E-state index is 13.2. The summed E-state index contributed by atoms with van der Waals surface area (Å²) in [4.78, 5) is 6.38. The van der Waals surface area contributed by atoms with Crippen LogP contribution in [0.4, 0.5) is 10.1 Å². The minimum atomic E-state index is -0.411. The summed E-state index contributed by atoms with van der Waals surface area (Å²) in [5.41, 5.74) is 7.62. The molecule has 2 aromatic rings. The second kappa shape index (κ2) is 5.15. The molecule has 0 aliphatic carbocycles. The van der Waals surface area contributed by atoms with E-state index in [1.165, 1.54) is 12.1 Å². The fourth-order valence-corrected chi connectivity index (χ4v) is 2.93. The van der Waals surface area contributed by atoms with Crippen LogP contribution in [0.5, 0.6) is 0 Å². The molecule has 108 valence electrons. The first kappa shape index (κ1) is 14.1. The molecule has 1 atom stereocenters. The monoisotopic (exact) mass is 347 g/mol. The third-order valence-electron chi connectivity index (χ3n) is 3.82. The molecule has 0 spiro atoms. The van der Waals surface area contributed by atoms with Gasteiger partial charge in [-0.1, -0.05) is 28.1 Å². The van der Waals surface area contributed by atoms with Gasteiger partial charge in [-0.25, -0.2) is 4.39 Å². The maximum Gasteiger partial charge on any atom is 0.196 e. The van der Waals surface area contributed by atoms with Gasteiger partial charge in [-0.15, -0.1) is 0 Å². The lowest BCUT2D eigenvalue weighted by Crippen LogP contribution is -2.47. The molecular formula is C16H15BrFN3. The molecule has 0 saturated heterocycles. The number of nitrogens with zero attached hydrogens (tertiary/aromatic N) is 2. The van der Waals surface area contributed by atoms with Crippen LogP contribution in [0.25, 0.3) is 0 Å². The van der Waals surface area contributed by atoms with Crippen LogP contribution in [0.2, 0.25) is 0 Å². The molecule has 2 N–H and O–H groups in total. The summed E-state index contributed by atoms with van der Waals surface area (Å²) in [7, 11) is 0. The first-order chi connectivity index (χ1) is 10.0. The largest absolute Gasteiger partial charge is 0.369 e. The highest BCUT2D eigenvalue weighted by Gasteiger charge is 2.40. The van der Waals surface area contributed by atoms with Gasteiger partial charge < -0.3 is 10.6 Å². The van der Waals surface area contributed by atoms with Crippen LogP contribution in [0.15, 0.2) is 58.0 Å². The first-order valence-electron chi connectivity index (χ1n) is 6.62. The van der Waals surface area contributed by atoms with E-state index in [0.717, 1.165) is 15.7 Å². The summed E-state index contributed by atoms with van der Waals surface area (Å²) in [5, 5.41) is 0. The predicted molar refractivity (Wildman–Crippen MR) is 86.9 cm³/mol. The average Bonchev–Trinajstić information content (AvgIpc) is 2.78. The molecule has 21 heavy (non-hydrogen) atoms. The Morgan fingerprint density at radius 2 is 1.76 bits per heavy atom. The Labute approximate surface area is 131 Å². The van der Waals surface area contributed by atoms with Crippen molar-refractivity contribution in [1.82, 2.24) is 0 Å². The number of guanidine groups is 1. The molecule has 5 heteroatoms. The molecular weight excluding hydrogens is 333 g/mol. The summed E-state index contributed by atoms with van der Waals surface area (Å²) >= 11 is 3.43. The summed E-state index contributed by atoms with van der Waals surface area (Å²) in [5.74, 6) is 0.230. The van der Waals surface area contributed by atoms with Crippen LogP contribution in [-0.2, 0) is 5.54 Å². The zero-order valence-electron chi connectivity index (χ0n) is 11.6. The van der Waals surface area contributed by atoms with Crippen molar-refractivity contribution in [3.05, 3.63) is 64.4 Å². The van der Waals surface area contributed by atoms with Crippen molar-refractivity contribution in [2.75, 3.05) is 11.4 Å². The normalized spacial score (nSPS) is 21.5. The molecule has 2 aromatic carbocycles. The quantitative estimate of drug-likeness (QED) is 0.900. The molecule has 3 rings (SSSR count). The van der Waals surface area contributed by atoms with E-state index in [1.54, 1.807) is 12.1 Å². The number of hydrogen-bond donors (Lipinski definition) is 1. The molecule has 1 heterocycles. The molecule has 0 aromatic heterocycles. The Hall–Kier alpha value is -1.88. The minimum Gasteiger partial charge on any atom is -0.369 e. The van der Waals surface area contributed by atoms with Gasteiger partial charge in [0, 0.05) is 10.2 Å². The maximum atomic E-state index is 13.2. The lowest BCUT2D eigenvalue weighted by Gasteiger charge is -2.36. The topological polar surface area (TPSA) is 41.6 Å². The fourth-order valence-electron chi connectivity index (χ4n) is 2.67. The molecule has 1 unspecified atom stereocenters. The standard InChI is InChI=1S/C16H15BrFN3/c1-16(11-2-6-13(18)7-3-11)10-20-15(19)21(16)14-8-4-12(17)5-9-14/h2-9H,10H2,1H3,(H2,19,20). The van der Waals surface area contributed by atoms with Gasteiger partial charge >= 0.3 is 0 Å². The lowest BCUT2D eigenvalue weighted by atomic mass is 9.90. The van der Waals surface area contributed by atoms with E-state index in [2.05, 4.69) is 27.8 Å². The SMILES string of the molecule is CC1(c2ccc(F)cc2)CN=C(N)N1c1ccc(Br)cc1. The Morgan fingerprint density at radius 3 is 2.38 bits per heavy atom. The molecule has 0 amide bonds. The molecule has 0 saturated carbocycles. The summed E-state index contributed by atoms with van der Waals surface area (Å²) in [6, 6.07) is 14.4. The van der Waals surface area contributed by atoms with Gasteiger partial charge in [0.15, 0.2) is 5.96 Å². The molecule has 1 aliphatic heterocycles. The van der Waals surface area contributed by atoms with E-state index in [1.807, 2.05) is 29.2 Å². The van der Waals surface area contributed by atoms with Gasteiger partial charge in [-0.05, 0) is 48.9 Å². The van der Waals surface area contributed by atoms with Crippen LogP contribution in [-0.4, -0.2) is 12.5 Å². The van der Waals surface area contributed by atoms with Crippen molar-refractivity contribution < 1.29 is 4.39 Å². The van der Waals surface area contributed by atoms with Crippen LogP contribution in [0.3, 0.4) is 0 Å². The highest BCUT2D eigenvalue weighted by atomic mass is 79.9. The van der Waals surface area contributed by atoms with Crippen molar-refractivity contribution in [3.8, 4) is 0 Å². The van der Waals surface area contributed by atoms with E-state index >= 15 is 0 Å². The van der Waals surface area contributed by atoms with Gasteiger partial charge in [0.25, 0.3) is 0 Å². The zero-order valence-corrected chi connectivity index (χ0v) is 13.1. The molecule has 0 fully saturated rings. The van der Waals surface area contributed by atoms with Crippen molar-refractivity contribution in [2.24, 2.45) is 10.7 Å². The van der Waals surface area contributed by atoms with Gasteiger partial charge in [0.05, 0.1) is 12.1 Å². The zero-order chi connectivity index (χ0) is 15.0. The Morgan fingerprint density at radius 1 is 1.14 bits per heavy atom. The number of aliphatic imine (C=N–C) groups is 1. The fraction of sp³-hybridized carbons (Fsp3) is 0.188. The Kier molecular flexibility index (Phi) is 3.45. The van der Waals surface area contributed by atoms with Crippen LogP contribution < -0.4 is 10.6 Å². The summed E-state index contributed by atoms with van der Waals surface area (Å²) < 4.78 is 14.2. The van der Waals surface area contributed by atoms with Gasteiger partial charge in [0.2, 0.25) is 0 Å². The number of rotatable bonds is 2. The number of anilines is 1. The molecule has 3 nitrogen and oxygen atoms in total. The van der Waals surface area contributed by atoms with Crippen molar-refractivity contribution >= 4 is 27.6 Å². The highest BCUT2D eigenvalue weighted by Crippen LogP contribution is 2.37. The first-order valence-corrected chi connectivity index (χ1v) is 7.42. The number of nitrogens with two attached hydrogens (primary N) is 1. The minimum absolute atomic E-state index is 0.246. The van der Waals surface area contributed by atoms with E-state index in [-0.39, 0.29) is 5.82 Å². The van der Waals surface area contributed by atoms with Crippen molar-refractivity contribution in [1.29, 1.82) is 0 Å². The molecule has 1 aliphatic rings. The third-order valence-corrected chi connectivity index (χ3v) is 4.35. The van der Waals surface area contributed by atoms with Crippen molar-refractivity contribution in [2.45, 2.75) is 12.5 Å². The molecule has 0 radical (unpaired) electrons. The number of halogens is 2. The van der Waals surface area contributed by atoms with E-state index in [0.29, 0.717) is 12.5 Å². The van der Waals surface area contributed by atoms with E-state index in [4.69, 9.17) is 5.73 Å². The Balaban J connectivity index is 2.05. The lowest BCUT2D eigenvalue weighted by molar-refractivity contribution is 0.530. The van der Waals surface area contributed by atoms with E-state index in [9.17, 15) is 4.39 Å². The van der Waals surface area contributed by atoms with Crippen LogP contribution in [0, 0.1) is 5.82 Å². The van der Waals surface area contributed by atoms with Gasteiger partial charge in [-0.2, -0.15) is 0 Å². The van der Waals surface area contributed by atoms with Gasteiger partial charge in [-0.3, -0.25) is 4.99 Å². The van der Waals surface area contributed by atoms with E-state index < -0.39 is 5.54 Å². The van der Waals surface area contributed by atoms with Crippen molar-refractivity contribution in [3.63, 3.8) is 0 Å². The van der Waals surface area contributed by atoms with Crippen LogP contribution in [0.1, 0.15) is 12.5 Å². The number of hydrogen-bond acceptors (Lipinski definition) is 3. The second-order valence-electron chi connectivity index (χ2n) is 5.27. The summed E-state index contributed by atoms with van der Waals surface area (Å²) in [6.45, 7) is 2.60. The summed E-state index contributed by atoms with van der Waals surface area (Å²) in [6.07, 6.45) is 0. The predicted octanol–water partition coefficient (Wildman–Crippen LogP) is 3.64. The third kappa shape index (κ3) is 2.42. The van der Waals surface area contributed by atoms with Crippen LogP contribution >= 0.6 is 15.9 Å². The number of benzene rings is 2. The average molecular weight is 348 g/mol. The van der Waals surface area contributed by atoms with Gasteiger partial charge in [0.1, 0.15) is 5.82 Å². The second-order valence-corrected chi connectivity index (χ2v) is 6.18. The Bertz CT molecular complexity index is 682. The molecule has 0 bridgehead atoms. The smallest absolute Gasteiger partial charge is 0.196 e. The highest BCUT2D eigenvalue weighted by molar-refractivity contribution is 9.10.